The number of carbonyl (C=O) groups excluding carboxylic acids is 1. The van der Waals surface area contributed by atoms with E-state index in [1.54, 1.807) is 37.6 Å². The van der Waals surface area contributed by atoms with Gasteiger partial charge in [-0.2, -0.15) is 0 Å². The zero-order valence-electron chi connectivity index (χ0n) is 22.6. The Hall–Kier alpha value is -4.93. The molecule has 1 N–H and O–H groups in total. The normalized spacial score (nSPS) is 19.7. The maximum absolute atomic E-state index is 15.6. The molecule has 0 radical (unpaired) electrons. The molecule has 206 valence electrons. The van der Waals surface area contributed by atoms with E-state index in [0.29, 0.717) is 45.3 Å². The quantitative estimate of drug-likeness (QED) is 0.288. The number of rotatable bonds is 6. The molecule has 1 aliphatic heterocycles. The van der Waals surface area contributed by atoms with Crippen LogP contribution < -0.4 is 10.1 Å². The molecule has 1 aromatic carbocycles. The van der Waals surface area contributed by atoms with Crippen LogP contribution in [0.2, 0.25) is 0 Å². The average molecular weight is 551 g/mol. The summed E-state index contributed by atoms with van der Waals surface area (Å²) in [6, 6.07) is 9.04. The Morgan fingerprint density at radius 1 is 1.15 bits per heavy atom. The van der Waals surface area contributed by atoms with E-state index < -0.39 is 5.82 Å². The van der Waals surface area contributed by atoms with Gasteiger partial charge in [0.15, 0.2) is 17.3 Å². The molecular formula is C30H27FN8O2. The van der Waals surface area contributed by atoms with E-state index in [2.05, 4.69) is 31.8 Å². The number of nitrogens with zero attached hydrogens (tertiary/aromatic N) is 7. The largest absolute Gasteiger partial charge is 0.455 e. The minimum absolute atomic E-state index is 0.0412. The van der Waals surface area contributed by atoms with Crippen molar-refractivity contribution in [2.75, 3.05) is 11.9 Å². The van der Waals surface area contributed by atoms with Gasteiger partial charge in [-0.15, -0.1) is 0 Å². The number of amides is 1. The first-order valence-corrected chi connectivity index (χ1v) is 13.5. The smallest absolute Gasteiger partial charge is 0.246 e. The van der Waals surface area contributed by atoms with Crippen molar-refractivity contribution in [2.24, 2.45) is 13.0 Å². The molecular weight excluding hydrogens is 523 g/mol. The van der Waals surface area contributed by atoms with Gasteiger partial charge in [-0.25, -0.2) is 29.3 Å². The molecule has 4 aromatic heterocycles. The van der Waals surface area contributed by atoms with Crippen LogP contribution in [0.15, 0.2) is 61.8 Å². The first-order valence-electron chi connectivity index (χ1n) is 13.5. The first kappa shape index (κ1) is 25.1. The zero-order chi connectivity index (χ0) is 28.2. The van der Waals surface area contributed by atoms with Gasteiger partial charge in [-0.05, 0) is 56.0 Å². The summed E-state index contributed by atoms with van der Waals surface area (Å²) in [5.41, 5.74) is 4.05. The van der Waals surface area contributed by atoms with Gasteiger partial charge in [0.05, 0.1) is 23.7 Å². The number of carbonyl (C=O) groups is 1. The number of hydrogen-bond donors (Lipinski definition) is 1. The SMILES string of the molecule is C=CC(=O)N1C[C@H]2C[C@@H]1[C@H](c1ccc3ncnc(Nc4ccc(Oc5cnc6c(c5)ncn6C)c(C)c4F)c3n1)C2. The molecule has 11 heteroatoms. The van der Waals surface area contributed by atoms with Crippen molar-refractivity contribution < 1.29 is 13.9 Å². The number of benzene rings is 1. The van der Waals surface area contributed by atoms with Crippen LogP contribution in [0.3, 0.4) is 0 Å². The van der Waals surface area contributed by atoms with E-state index in [0.717, 1.165) is 30.7 Å². The number of halogens is 1. The summed E-state index contributed by atoms with van der Waals surface area (Å²) in [5, 5.41) is 3.11. The molecule has 1 saturated heterocycles. The minimum atomic E-state index is -0.469. The summed E-state index contributed by atoms with van der Waals surface area (Å²) >= 11 is 0. The molecule has 3 atom stereocenters. The summed E-state index contributed by atoms with van der Waals surface area (Å²) in [4.78, 5) is 36.7. The van der Waals surface area contributed by atoms with E-state index in [-0.39, 0.29) is 23.6 Å². The predicted molar refractivity (Wildman–Crippen MR) is 151 cm³/mol. The summed E-state index contributed by atoms with van der Waals surface area (Å²) in [5.74, 6) is 1.29. The number of hydrogen-bond acceptors (Lipinski definition) is 8. The lowest BCUT2D eigenvalue weighted by molar-refractivity contribution is -0.127. The monoisotopic (exact) mass is 550 g/mol. The van der Waals surface area contributed by atoms with Gasteiger partial charge >= 0.3 is 0 Å². The van der Waals surface area contributed by atoms with E-state index >= 15 is 4.39 Å². The Bertz CT molecular complexity index is 1850. The summed E-state index contributed by atoms with van der Waals surface area (Å²) in [6.45, 7) is 6.08. The number of likely N-dealkylation sites (tertiary alicyclic amines) is 1. The van der Waals surface area contributed by atoms with Crippen LogP contribution >= 0.6 is 0 Å². The van der Waals surface area contributed by atoms with Crippen molar-refractivity contribution in [3.63, 3.8) is 0 Å². The first-order chi connectivity index (χ1) is 19.9. The van der Waals surface area contributed by atoms with Crippen LogP contribution in [0.5, 0.6) is 11.5 Å². The van der Waals surface area contributed by atoms with E-state index in [1.165, 1.54) is 12.4 Å². The molecule has 41 heavy (non-hydrogen) atoms. The Labute approximate surface area is 234 Å². The lowest BCUT2D eigenvalue weighted by Crippen LogP contribution is -2.40. The maximum atomic E-state index is 15.6. The third kappa shape index (κ3) is 4.24. The lowest BCUT2D eigenvalue weighted by Gasteiger charge is -2.32. The van der Waals surface area contributed by atoms with Gasteiger partial charge in [0.1, 0.15) is 28.9 Å². The van der Waals surface area contributed by atoms with Crippen LogP contribution in [0.4, 0.5) is 15.9 Å². The van der Waals surface area contributed by atoms with E-state index in [1.807, 2.05) is 28.6 Å². The van der Waals surface area contributed by atoms with Crippen molar-refractivity contribution in [3.05, 3.63) is 78.9 Å². The van der Waals surface area contributed by atoms with Gasteiger partial charge in [-0.3, -0.25) is 4.79 Å². The van der Waals surface area contributed by atoms with Crippen LogP contribution in [0, 0.1) is 18.7 Å². The average Bonchev–Trinajstić information content (AvgIpc) is 3.71. The molecule has 5 heterocycles. The molecule has 2 fully saturated rings. The second kappa shape index (κ2) is 9.61. The maximum Gasteiger partial charge on any atom is 0.246 e. The van der Waals surface area contributed by atoms with Gasteiger partial charge in [-0.1, -0.05) is 6.58 Å². The highest BCUT2D eigenvalue weighted by Crippen LogP contribution is 2.47. The predicted octanol–water partition coefficient (Wildman–Crippen LogP) is 5.18. The second-order valence-electron chi connectivity index (χ2n) is 10.7. The van der Waals surface area contributed by atoms with Crippen LogP contribution in [-0.4, -0.2) is 52.9 Å². The van der Waals surface area contributed by atoms with Crippen molar-refractivity contribution in [1.82, 2.24) is 34.4 Å². The minimum Gasteiger partial charge on any atom is -0.455 e. The second-order valence-corrected chi connectivity index (χ2v) is 10.7. The number of aromatic nitrogens is 6. The van der Waals surface area contributed by atoms with Crippen molar-refractivity contribution >= 4 is 39.6 Å². The molecule has 10 nitrogen and oxygen atoms in total. The fourth-order valence-corrected chi connectivity index (χ4v) is 6.15. The number of imidazole rings is 1. The molecule has 1 amide bonds. The number of nitrogens with one attached hydrogen (secondary N) is 1. The molecule has 7 rings (SSSR count). The van der Waals surface area contributed by atoms with Gasteiger partial charge < -0.3 is 19.5 Å². The standard InChI is InChI=1S/C30H27FN8O2/c1-4-26(40)39-13-17-9-19(24(39)10-17)20-5-6-22-28(36-20)29(34-14-33-22)37-21-7-8-25(16(2)27(21)31)41-18-11-23-30(32-12-18)38(3)15-35-23/h4-8,11-12,14-15,17,19,24H,1,9-10,13H2,2-3H3,(H,33,34,37)/t17-,19+,24-/m1/s1. The highest BCUT2D eigenvalue weighted by Gasteiger charge is 2.47. The number of pyridine rings is 2. The highest BCUT2D eigenvalue weighted by molar-refractivity contribution is 5.88. The zero-order valence-corrected chi connectivity index (χ0v) is 22.6. The number of fused-ring (bicyclic) bond motifs is 4. The van der Waals surface area contributed by atoms with Gasteiger partial charge in [0, 0.05) is 42.9 Å². The molecule has 1 saturated carbocycles. The molecule has 0 spiro atoms. The fourth-order valence-electron chi connectivity index (χ4n) is 6.15. The summed E-state index contributed by atoms with van der Waals surface area (Å²) < 4.78 is 23.4. The molecule has 1 aliphatic carbocycles. The number of aryl methyl sites for hydroxylation is 1. The Morgan fingerprint density at radius 2 is 2.02 bits per heavy atom. The number of ether oxygens (including phenoxy) is 1. The van der Waals surface area contributed by atoms with Crippen LogP contribution in [0.25, 0.3) is 22.2 Å². The van der Waals surface area contributed by atoms with Crippen LogP contribution in [0.1, 0.15) is 30.0 Å². The third-order valence-electron chi connectivity index (χ3n) is 8.17. The molecule has 5 aromatic rings. The highest BCUT2D eigenvalue weighted by atomic mass is 19.1. The summed E-state index contributed by atoms with van der Waals surface area (Å²) in [6.07, 6.45) is 8.01. The molecule has 2 bridgehead atoms. The van der Waals surface area contributed by atoms with Crippen molar-refractivity contribution in [2.45, 2.75) is 31.7 Å². The number of piperidine rings is 1. The van der Waals surface area contributed by atoms with Gasteiger partial charge in [0.2, 0.25) is 5.91 Å². The van der Waals surface area contributed by atoms with E-state index in [4.69, 9.17) is 9.72 Å². The van der Waals surface area contributed by atoms with E-state index in [9.17, 15) is 4.79 Å². The summed E-state index contributed by atoms with van der Waals surface area (Å²) in [7, 11) is 1.86. The topological polar surface area (TPSA) is 111 Å². The number of anilines is 2. The van der Waals surface area contributed by atoms with Gasteiger partial charge in [0.25, 0.3) is 0 Å². The van der Waals surface area contributed by atoms with Crippen LogP contribution in [-0.2, 0) is 11.8 Å². The Morgan fingerprint density at radius 3 is 2.85 bits per heavy atom. The van der Waals surface area contributed by atoms with Crippen molar-refractivity contribution in [3.8, 4) is 11.5 Å². The third-order valence-corrected chi connectivity index (χ3v) is 8.17. The van der Waals surface area contributed by atoms with Crippen molar-refractivity contribution in [1.29, 1.82) is 0 Å². The molecule has 0 unspecified atom stereocenters. The lowest BCUT2D eigenvalue weighted by atomic mass is 9.94. The fraction of sp³-hybridized carbons (Fsp3) is 0.267. The Balaban J connectivity index is 1.16. The molecule has 2 aliphatic rings. The Kier molecular flexibility index (Phi) is 5.88.